The van der Waals surface area contributed by atoms with Crippen molar-refractivity contribution < 1.29 is 17.6 Å². The first-order chi connectivity index (χ1) is 9.90. The normalized spacial score (nSPS) is 13.5. The maximum atomic E-state index is 12.2. The van der Waals surface area contributed by atoms with Gasteiger partial charge in [-0.25, -0.2) is 13.1 Å². The lowest BCUT2D eigenvalue weighted by Gasteiger charge is -2.12. The summed E-state index contributed by atoms with van der Waals surface area (Å²) in [5.41, 5.74) is 0. The quantitative estimate of drug-likeness (QED) is 0.606. The van der Waals surface area contributed by atoms with Gasteiger partial charge in [-0.1, -0.05) is 6.92 Å². The Morgan fingerprint density at radius 3 is 2.76 bits per heavy atom. The Balaban J connectivity index is 2.69. The third-order valence-electron chi connectivity index (χ3n) is 2.73. The summed E-state index contributed by atoms with van der Waals surface area (Å²) >= 11 is 3.15. The lowest BCUT2D eigenvalue weighted by atomic mass is 10.4. The number of hydrogen-bond acceptors (Lipinski definition) is 5. The second kappa shape index (κ2) is 8.89. The lowest BCUT2D eigenvalue weighted by Crippen LogP contribution is -2.32. The standard InChI is InChI=1S/C13H23BrN2O4S/c1-4-6-15-9-11-7-12(13(14)20-11)21(17,18)16-8-10(3)19-5-2/h7,10,15-16H,4-6,8-9H2,1-3H3. The molecule has 1 aromatic heterocycles. The van der Waals surface area contributed by atoms with Gasteiger partial charge in [-0.2, -0.15) is 0 Å². The summed E-state index contributed by atoms with van der Waals surface area (Å²) in [6.45, 7) is 7.86. The number of halogens is 1. The maximum absolute atomic E-state index is 12.2. The summed E-state index contributed by atoms with van der Waals surface area (Å²) in [7, 11) is -3.61. The van der Waals surface area contributed by atoms with Gasteiger partial charge >= 0.3 is 0 Å². The first-order valence-electron chi connectivity index (χ1n) is 7.00. The third kappa shape index (κ3) is 6.07. The lowest BCUT2D eigenvalue weighted by molar-refractivity contribution is 0.0799. The van der Waals surface area contributed by atoms with Gasteiger partial charge in [-0.05, 0) is 42.7 Å². The van der Waals surface area contributed by atoms with Crippen molar-refractivity contribution in [3.63, 3.8) is 0 Å². The van der Waals surface area contributed by atoms with Gasteiger partial charge in [0.15, 0.2) is 4.67 Å². The minimum atomic E-state index is -3.61. The molecule has 21 heavy (non-hydrogen) atoms. The smallest absolute Gasteiger partial charge is 0.245 e. The topological polar surface area (TPSA) is 80.6 Å². The molecule has 0 aliphatic carbocycles. The van der Waals surface area contributed by atoms with Gasteiger partial charge in [0, 0.05) is 19.2 Å². The maximum Gasteiger partial charge on any atom is 0.245 e. The van der Waals surface area contributed by atoms with Crippen LogP contribution in [0.3, 0.4) is 0 Å². The highest BCUT2D eigenvalue weighted by Gasteiger charge is 2.22. The van der Waals surface area contributed by atoms with E-state index in [1.54, 1.807) is 0 Å². The van der Waals surface area contributed by atoms with E-state index in [1.807, 2.05) is 13.8 Å². The summed E-state index contributed by atoms with van der Waals surface area (Å²) < 4.78 is 37.9. The van der Waals surface area contributed by atoms with E-state index in [0.717, 1.165) is 13.0 Å². The van der Waals surface area contributed by atoms with Crippen LogP contribution in [0.25, 0.3) is 0 Å². The molecule has 1 unspecified atom stereocenters. The van der Waals surface area contributed by atoms with Crippen LogP contribution in [0.2, 0.25) is 0 Å². The Bertz CT molecular complexity index is 530. The molecule has 6 nitrogen and oxygen atoms in total. The highest BCUT2D eigenvalue weighted by Crippen LogP contribution is 2.26. The fourth-order valence-electron chi connectivity index (χ4n) is 1.70. The van der Waals surface area contributed by atoms with Gasteiger partial charge < -0.3 is 14.5 Å². The first kappa shape index (κ1) is 18.6. The minimum Gasteiger partial charge on any atom is -0.452 e. The number of rotatable bonds is 10. The van der Waals surface area contributed by atoms with Crippen LogP contribution in [0.4, 0.5) is 0 Å². The van der Waals surface area contributed by atoms with Crippen molar-refractivity contribution in [2.75, 3.05) is 19.7 Å². The van der Waals surface area contributed by atoms with Crippen molar-refractivity contribution in [3.8, 4) is 0 Å². The van der Waals surface area contributed by atoms with E-state index in [9.17, 15) is 8.42 Å². The van der Waals surface area contributed by atoms with E-state index in [4.69, 9.17) is 9.15 Å². The Morgan fingerprint density at radius 1 is 1.43 bits per heavy atom. The van der Waals surface area contributed by atoms with Crippen LogP contribution < -0.4 is 10.0 Å². The SMILES string of the molecule is CCCNCc1cc(S(=O)(=O)NCC(C)OCC)c(Br)o1. The molecule has 0 radical (unpaired) electrons. The predicted molar refractivity (Wildman–Crippen MR) is 84.7 cm³/mol. The van der Waals surface area contributed by atoms with Crippen molar-refractivity contribution in [3.05, 3.63) is 16.5 Å². The average Bonchev–Trinajstić information content (AvgIpc) is 2.79. The van der Waals surface area contributed by atoms with Crippen molar-refractivity contribution in [2.24, 2.45) is 0 Å². The number of furan rings is 1. The molecule has 0 aliphatic heterocycles. The van der Waals surface area contributed by atoms with Gasteiger partial charge in [-0.3, -0.25) is 0 Å². The van der Waals surface area contributed by atoms with Gasteiger partial charge in [0.2, 0.25) is 10.0 Å². The molecule has 122 valence electrons. The van der Waals surface area contributed by atoms with Gasteiger partial charge in [0.1, 0.15) is 10.7 Å². The largest absolute Gasteiger partial charge is 0.452 e. The molecule has 0 aromatic carbocycles. The molecule has 2 N–H and O–H groups in total. The molecule has 8 heteroatoms. The summed E-state index contributed by atoms with van der Waals surface area (Å²) in [6, 6.07) is 1.53. The number of hydrogen-bond donors (Lipinski definition) is 2. The molecule has 0 bridgehead atoms. The summed E-state index contributed by atoms with van der Waals surface area (Å²) in [5, 5.41) is 3.16. The van der Waals surface area contributed by atoms with E-state index in [2.05, 4.69) is 32.9 Å². The second-order valence-electron chi connectivity index (χ2n) is 4.65. The van der Waals surface area contributed by atoms with Crippen LogP contribution >= 0.6 is 15.9 Å². The third-order valence-corrected chi connectivity index (χ3v) is 5.01. The van der Waals surface area contributed by atoms with Crippen LogP contribution in [0.15, 0.2) is 20.0 Å². The Labute approximate surface area is 134 Å². The van der Waals surface area contributed by atoms with E-state index < -0.39 is 10.0 Å². The number of ether oxygens (including phenoxy) is 1. The molecule has 0 spiro atoms. The van der Waals surface area contributed by atoms with Crippen molar-refractivity contribution in [2.45, 2.75) is 44.7 Å². The van der Waals surface area contributed by atoms with Gasteiger partial charge in [0.25, 0.3) is 0 Å². The fourth-order valence-corrected chi connectivity index (χ4v) is 3.82. The minimum absolute atomic E-state index is 0.111. The zero-order valence-electron chi connectivity index (χ0n) is 12.6. The molecule has 1 atom stereocenters. The van der Waals surface area contributed by atoms with Gasteiger partial charge in [-0.15, -0.1) is 0 Å². The molecule has 0 saturated carbocycles. The number of nitrogens with one attached hydrogen (secondary N) is 2. The summed E-state index contributed by atoms with van der Waals surface area (Å²) in [4.78, 5) is 0.111. The Hall–Kier alpha value is -0.410. The highest BCUT2D eigenvalue weighted by molar-refractivity contribution is 9.10. The van der Waals surface area contributed by atoms with Gasteiger partial charge in [0.05, 0.1) is 12.6 Å². The predicted octanol–water partition coefficient (Wildman–Crippen LogP) is 2.25. The second-order valence-corrected chi connectivity index (χ2v) is 7.10. The van der Waals surface area contributed by atoms with E-state index in [1.165, 1.54) is 6.07 Å². The van der Waals surface area contributed by atoms with Crippen molar-refractivity contribution in [1.82, 2.24) is 10.0 Å². The zero-order chi connectivity index (χ0) is 15.9. The van der Waals surface area contributed by atoms with E-state index >= 15 is 0 Å². The van der Waals surface area contributed by atoms with Crippen LogP contribution in [-0.4, -0.2) is 34.2 Å². The van der Waals surface area contributed by atoms with Crippen LogP contribution in [-0.2, 0) is 21.3 Å². The molecule has 0 amide bonds. The fraction of sp³-hybridized carbons (Fsp3) is 0.692. The first-order valence-corrected chi connectivity index (χ1v) is 9.28. The molecule has 1 aromatic rings. The summed E-state index contributed by atoms with van der Waals surface area (Å²) in [6.07, 6.45) is 0.824. The molecule has 1 heterocycles. The van der Waals surface area contributed by atoms with Crippen molar-refractivity contribution in [1.29, 1.82) is 0 Å². The molecule has 0 saturated heterocycles. The number of sulfonamides is 1. The molecular formula is C13H23BrN2O4S. The van der Waals surface area contributed by atoms with Crippen LogP contribution in [0.5, 0.6) is 0 Å². The van der Waals surface area contributed by atoms with Crippen LogP contribution in [0.1, 0.15) is 33.0 Å². The van der Waals surface area contributed by atoms with E-state index in [0.29, 0.717) is 18.9 Å². The van der Waals surface area contributed by atoms with E-state index in [-0.39, 0.29) is 22.2 Å². The zero-order valence-corrected chi connectivity index (χ0v) is 15.0. The molecule has 1 rings (SSSR count). The summed E-state index contributed by atoms with van der Waals surface area (Å²) in [5.74, 6) is 0.577. The molecular weight excluding hydrogens is 360 g/mol. The van der Waals surface area contributed by atoms with Crippen molar-refractivity contribution >= 4 is 26.0 Å². The Morgan fingerprint density at radius 2 is 2.14 bits per heavy atom. The van der Waals surface area contributed by atoms with Crippen LogP contribution in [0, 0.1) is 0 Å². The highest BCUT2D eigenvalue weighted by atomic mass is 79.9. The Kier molecular flexibility index (Phi) is 7.89. The molecule has 0 fully saturated rings. The average molecular weight is 383 g/mol. The molecule has 0 aliphatic rings. The monoisotopic (exact) mass is 382 g/mol.